The largest absolute Gasteiger partial charge is 0.357 e. The van der Waals surface area contributed by atoms with Gasteiger partial charge in [-0.1, -0.05) is 27.7 Å². The lowest BCUT2D eigenvalue weighted by atomic mass is 9.89. The van der Waals surface area contributed by atoms with E-state index in [-0.39, 0.29) is 0 Å². The zero-order valence-electron chi connectivity index (χ0n) is 15.7. The van der Waals surface area contributed by atoms with Crippen LogP contribution in [0.5, 0.6) is 0 Å². The monoisotopic (exact) mass is 322 g/mol. The topological polar surface area (TPSA) is 67.1 Å². The number of aromatic nitrogens is 3. The lowest BCUT2D eigenvalue weighted by molar-refractivity contribution is 0.346. The molecule has 1 aromatic heterocycles. The van der Waals surface area contributed by atoms with Crippen molar-refractivity contribution in [2.24, 2.45) is 10.4 Å². The van der Waals surface area contributed by atoms with Crippen LogP contribution in [-0.4, -0.2) is 39.9 Å². The summed E-state index contributed by atoms with van der Waals surface area (Å²) in [6, 6.07) is 0.410. The number of rotatable bonds is 8. The van der Waals surface area contributed by atoms with E-state index in [1.165, 1.54) is 6.42 Å². The summed E-state index contributed by atoms with van der Waals surface area (Å²) < 4.78 is 2.07. The second-order valence-electron chi connectivity index (χ2n) is 7.20. The number of guanidine groups is 1. The summed E-state index contributed by atoms with van der Waals surface area (Å²) >= 11 is 0. The highest BCUT2D eigenvalue weighted by molar-refractivity contribution is 5.80. The summed E-state index contributed by atoms with van der Waals surface area (Å²) in [6.07, 6.45) is 5.01. The van der Waals surface area contributed by atoms with Gasteiger partial charge >= 0.3 is 0 Å². The zero-order valence-corrected chi connectivity index (χ0v) is 15.7. The molecule has 0 spiro atoms. The highest BCUT2D eigenvalue weighted by Gasteiger charge is 2.13. The third-order valence-electron chi connectivity index (χ3n) is 3.68. The predicted molar refractivity (Wildman–Crippen MR) is 96.7 cm³/mol. The molecule has 0 bridgehead atoms. The van der Waals surface area contributed by atoms with Crippen LogP contribution in [-0.2, 0) is 13.0 Å². The Hall–Kier alpha value is -1.59. The summed E-state index contributed by atoms with van der Waals surface area (Å²) in [5.74, 6) is 1.90. The number of hydrogen-bond acceptors (Lipinski definition) is 3. The molecule has 0 saturated carbocycles. The normalized spacial score (nSPS) is 13.9. The van der Waals surface area contributed by atoms with Crippen LogP contribution < -0.4 is 10.6 Å². The summed E-state index contributed by atoms with van der Waals surface area (Å²) in [5, 5.41) is 14.9. The second-order valence-corrected chi connectivity index (χ2v) is 7.20. The number of hydrogen-bond donors (Lipinski definition) is 2. The van der Waals surface area contributed by atoms with Crippen molar-refractivity contribution in [1.82, 2.24) is 25.4 Å². The van der Waals surface area contributed by atoms with Crippen LogP contribution in [0.2, 0.25) is 0 Å². The van der Waals surface area contributed by atoms with Gasteiger partial charge in [0.25, 0.3) is 0 Å². The van der Waals surface area contributed by atoms with E-state index in [1.54, 1.807) is 6.33 Å². The van der Waals surface area contributed by atoms with Gasteiger partial charge in [0.1, 0.15) is 12.2 Å². The van der Waals surface area contributed by atoms with Crippen molar-refractivity contribution in [1.29, 1.82) is 0 Å². The minimum absolute atomic E-state index is 0.371. The Morgan fingerprint density at radius 1 is 1.35 bits per heavy atom. The Bertz CT molecular complexity index is 472. The molecule has 0 aliphatic carbocycles. The average Bonchev–Trinajstić information content (AvgIpc) is 2.92. The number of aryl methyl sites for hydroxylation is 1. The van der Waals surface area contributed by atoms with Gasteiger partial charge in [0.05, 0.1) is 6.54 Å². The minimum Gasteiger partial charge on any atom is -0.357 e. The van der Waals surface area contributed by atoms with Gasteiger partial charge in [-0.25, -0.2) is 0 Å². The second kappa shape index (κ2) is 9.53. The van der Waals surface area contributed by atoms with Crippen molar-refractivity contribution in [3.63, 3.8) is 0 Å². The lowest BCUT2D eigenvalue weighted by Crippen LogP contribution is -2.42. The van der Waals surface area contributed by atoms with Crippen LogP contribution in [0.1, 0.15) is 60.2 Å². The van der Waals surface area contributed by atoms with E-state index in [0.29, 0.717) is 18.0 Å². The number of nitrogens with zero attached hydrogens (tertiary/aromatic N) is 4. The van der Waals surface area contributed by atoms with Gasteiger partial charge in [-0.2, -0.15) is 0 Å². The molecular formula is C17H34N6. The van der Waals surface area contributed by atoms with E-state index < -0.39 is 0 Å². The molecule has 0 amide bonds. The predicted octanol–water partition coefficient (Wildman–Crippen LogP) is 2.61. The summed E-state index contributed by atoms with van der Waals surface area (Å²) in [4.78, 5) is 4.67. The summed E-state index contributed by atoms with van der Waals surface area (Å²) in [7, 11) is 0. The van der Waals surface area contributed by atoms with Crippen LogP contribution >= 0.6 is 0 Å². The van der Waals surface area contributed by atoms with Gasteiger partial charge in [-0.05, 0) is 32.1 Å². The molecule has 0 aliphatic rings. The Morgan fingerprint density at radius 2 is 2.09 bits per heavy atom. The van der Waals surface area contributed by atoms with Gasteiger partial charge in [0.2, 0.25) is 0 Å². The van der Waals surface area contributed by atoms with Gasteiger partial charge in [-0.3, -0.25) is 4.99 Å². The molecule has 1 heterocycles. The maximum atomic E-state index is 4.67. The average molecular weight is 323 g/mol. The van der Waals surface area contributed by atoms with E-state index in [4.69, 9.17) is 0 Å². The van der Waals surface area contributed by atoms with E-state index >= 15 is 0 Å². The molecular weight excluding hydrogens is 288 g/mol. The third kappa shape index (κ3) is 8.00. The van der Waals surface area contributed by atoms with Crippen molar-refractivity contribution in [3.8, 4) is 0 Å². The molecule has 6 nitrogen and oxygen atoms in total. The van der Waals surface area contributed by atoms with Crippen molar-refractivity contribution in [2.75, 3.05) is 13.1 Å². The first-order valence-corrected chi connectivity index (χ1v) is 8.77. The molecule has 6 heteroatoms. The first-order chi connectivity index (χ1) is 10.9. The van der Waals surface area contributed by atoms with E-state index in [0.717, 1.165) is 37.7 Å². The van der Waals surface area contributed by atoms with Crippen LogP contribution in [0.4, 0.5) is 0 Å². The number of nitrogens with one attached hydrogen (secondary N) is 2. The van der Waals surface area contributed by atoms with Crippen molar-refractivity contribution in [2.45, 2.75) is 73.4 Å². The standard InChI is InChI=1S/C17H34N6/c1-7-15-22-20-13-23(15)12-11-19-16(18-8-2)21-14(3)9-10-17(4,5)6/h13-14H,7-12H2,1-6H3,(H2,18,19,21). The SMILES string of the molecule is CCNC(=NCCn1cnnc1CC)NC(C)CCC(C)(C)C. The van der Waals surface area contributed by atoms with Crippen molar-refractivity contribution >= 4 is 5.96 Å². The lowest BCUT2D eigenvalue weighted by Gasteiger charge is -2.23. The molecule has 0 aromatic carbocycles. The molecule has 2 N–H and O–H groups in total. The van der Waals surface area contributed by atoms with E-state index in [2.05, 4.69) is 71.9 Å². The molecule has 1 unspecified atom stereocenters. The third-order valence-corrected chi connectivity index (χ3v) is 3.68. The smallest absolute Gasteiger partial charge is 0.191 e. The highest BCUT2D eigenvalue weighted by Crippen LogP contribution is 2.21. The number of aliphatic imine (C=N–C) groups is 1. The first kappa shape index (κ1) is 19.5. The Morgan fingerprint density at radius 3 is 2.70 bits per heavy atom. The first-order valence-electron chi connectivity index (χ1n) is 8.77. The Labute approximate surface area is 141 Å². The summed E-state index contributed by atoms with van der Waals surface area (Å²) in [5.41, 5.74) is 0.371. The quantitative estimate of drug-likeness (QED) is 0.570. The van der Waals surface area contributed by atoms with E-state index in [1.807, 2.05) is 0 Å². The molecule has 23 heavy (non-hydrogen) atoms. The fraction of sp³-hybridized carbons (Fsp3) is 0.824. The van der Waals surface area contributed by atoms with Crippen molar-refractivity contribution < 1.29 is 0 Å². The van der Waals surface area contributed by atoms with Gasteiger partial charge < -0.3 is 15.2 Å². The molecule has 1 rings (SSSR count). The molecule has 0 fully saturated rings. The molecule has 0 saturated heterocycles. The van der Waals surface area contributed by atoms with Gasteiger partial charge in [0, 0.05) is 25.6 Å². The highest BCUT2D eigenvalue weighted by atomic mass is 15.3. The van der Waals surface area contributed by atoms with Gasteiger partial charge in [0.15, 0.2) is 5.96 Å². The summed E-state index contributed by atoms with van der Waals surface area (Å²) in [6.45, 7) is 15.6. The van der Waals surface area contributed by atoms with Crippen molar-refractivity contribution in [3.05, 3.63) is 12.2 Å². The minimum atomic E-state index is 0.371. The van der Waals surface area contributed by atoms with Crippen LogP contribution in [0.3, 0.4) is 0 Å². The molecule has 132 valence electrons. The zero-order chi connectivity index (χ0) is 17.3. The molecule has 1 aromatic rings. The Balaban J connectivity index is 2.49. The molecule has 1 atom stereocenters. The fourth-order valence-corrected chi connectivity index (χ4v) is 2.28. The van der Waals surface area contributed by atoms with E-state index in [9.17, 15) is 0 Å². The van der Waals surface area contributed by atoms with Crippen LogP contribution in [0.25, 0.3) is 0 Å². The van der Waals surface area contributed by atoms with Gasteiger partial charge in [-0.15, -0.1) is 10.2 Å². The molecule has 0 aliphatic heterocycles. The fourth-order valence-electron chi connectivity index (χ4n) is 2.28. The van der Waals surface area contributed by atoms with Crippen LogP contribution in [0, 0.1) is 5.41 Å². The van der Waals surface area contributed by atoms with Crippen LogP contribution in [0.15, 0.2) is 11.3 Å². The maximum absolute atomic E-state index is 4.67. The molecule has 0 radical (unpaired) electrons. The Kier molecular flexibility index (Phi) is 8.06. The maximum Gasteiger partial charge on any atom is 0.191 e.